The van der Waals surface area contributed by atoms with Gasteiger partial charge in [0.1, 0.15) is 0 Å². The highest BCUT2D eigenvalue weighted by Gasteiger charge is 2.20. The minimum absolute atomic E-state index is 0.527. The lowest BCUT2D eigenvalue weighted by Crippen LogP contribution is -2.30. The van der Waals surface area contributed by atoms with Crippen molar-refractivity contribution in [2.75, 3.05) is 6.54 Å². The van der Waals surface area contributed by atoms with Crippen molar-refractivity contribution in [3.05, 3.63) is 18.0 Å². The van der Waals surface area contributed by atoms with Crippen LogP contribution >= 0.6 is 0 Å². The second-order valence-corrected chi connectivity index (χ2v) is 4.27. The summed E-state index contributed by atoms with van der Waals surface area (Å²) in [6.45, 7) is 6.55. The third-order valence-electron chi connectivity index (χ3n) is 3.05. The third-order valence-corrected chi connectivity index (χ3v) is 3.05. The van der Waals surface area contributed by atoms with E-state index in [1.807, 2.05) is 10.9 Å². The summed E-state index contributed by atoms with van der Waals surface area (Å²) in [6.07, 6.45) is 6.71. The van der Waals surface area contributed by atoms with Crippen LogP contribution in [0.15, 0.2) is 12.4 Å². The first-order valence-electron chi connectivity index (χ1n) is 5.55. The van der Waals surface area contributed by atoms with Gasteiger partial charge in [-0.1, -0.05) is 6.92 Å². The summed E-state index contributed by atoms with van der Waals surface area (Å²) in [7, 11) is 0. The molecule has 1 aromatic rings. The van der Waals surface area contributed by atoms with Crippen LogP contribution in [0, 0.1) is 5.92 Å². The van der Waals surface area contributed by atoms with Gasteiger partial charge < -0.3 is 5.32 Å². The quantitative estimate of drug-likeness (QED) is 0.778. The Morgan fingerprint density at radius 2 is 2.50 bits per heavy atom. The molecule has 0 bridgehead atoms. The monoisotopic (exact) mass is 193 g/mol. The maximum Gasteiger partial charge on any atom is 0.0537 e. The minimum Gasteiger partial charge on any atom is -0.310 e. The van der Waals surface area contributed by atoms with Crippen LogP contribution in [0.2, 0.25) is 0 Å². The Balaban J connectivity index is 2.06. The lowest BCUT2D eigenvalue weighted by atomic mass is 9.91. The molecule has 1 aromatic heterocycles. The third kappa shape index (κ3) is 1.98. The van der Waals surface area contributed by atoms with E-state index in [0.29, 0.717) is 6.04 Å². The predicted molar refractivity (Wildman–Crippen MR) is 57.0 cm³/mol. The van der Waals surface area contributed by atoms with Gasteiger partial charge in [0.2, 0.25) is 0 Å². The van der Waals surface area contributed by atoms with Crippen LogP contribution in [0.25, 0.3) is 0 Å². The fourth-order valence-corrected chi connectivity index (χ4v) is 2.09. The van der Waals surface area contributed by atoms with Crippen molar-refractivity contribution in [2.24, 2.45) is 5.92 Å². The van der Waals surface area contributed by atoms with Gasteiger partial charge in [0, 0.05) is 24.3 Å². The van der Waals surface area contributed by atoms with Gasteiger partial charge in [0.25, 0.3) is 0 Å². The van der Waals surface area contributed by atoms with Gasteiger partial charge in [-0.25, -0.2) is 0 Å². The maximum atomic E-state index is 4.31. The Bertz CT molecular complexity index is 292. The molecule has 2 atom stereocenters. The van der Waals surface area contributed by atoms with Gasteiger partial charge in [-0.2, -0.15) is 5.10 Å². The maximum absolute atomic E-state index is 4.31. The second-order valence-electron chi connectivity index (χ2n) is 4.27. The smallest absolute Gasteiger partial charge is 0.0537 e. The Kier molecular flexibility index (Phi) is 2.87. The standard InChI is InChI=1S/C11H19N3/c1-3-14-8-10(7-13-14)11-6-9(2)4-5-12-11/h7-9,11-12H,3-6H2,1-2H3. The summed E-state index contributed by atoms with van der Waals surface area (Å²) < 4.78 is 2.00. The van der Waals surface area contributed by atoms with Crippen molar-refractivity contribution in [1.29, 1.82) is 0 Å². The number of hydrogen-bond donors (Lipinski definition) is 1. The number of piperidine rings is 1. The Hall–Kier alpha value is -0.830. The summed E-state index contributed by atoms with van der Waals surface area (Å²) in [6, 6.07) is 0.527. The van der Waals surface area contributed by atoms with E-state index in [0.717, 1.165) is 19.0 Å². The first-order chi connectivity index (χ1) is 6.79. The summed E-state index contributed by atoms with van der Waals surface area (Å²) in [5.74, 6) is 0.839. The lowest BCUT2D eigenvalue weighted by Gasteiger charge is -2.27. The number of aromatic nitrogens is 2. The fraction of sp³-hybridized carbons (Fsp3) is 0.727. The molecular formula is C11H19N3. The van der Waals surface area contributed by atoms with Crippen LogP contribution in [0.4, 0.5) is 0 Å². The van der Waals surface area contributed by atoms with Crippen molar-refractivity contribution in [3.63, 3.8) is 0 Å². The topological polar surface area (TPSA) is 29.9 Å². The summed E-state index contributed by atoms with van der Waals surface area (Å²) in [5.41, 5.74) is 1.35. The molecule has 2 rings (SSSR count). The van der Waals surface area contributed by atoms with E-state index in [1.165, 1.54) is 18.4 Å². The average Bonchev–Trinajstić information content (AvgIpc) is 2.66. The van der Waals surface area contributed by atoms with Crippen LogP contribution in [0.5, 0.6) is 0 Å². The zero-order chi connectivity index (χ0) is 9.97. The Labute approximate surface area is 85.5 Å². The molecule has 0 saturated carbocycles. The SMILES string of the molecule is CCn1cc(C2CC(C)CCN2)cn1. The molecule has 0 radical (unpaired) electrons. The molecule has 0 amide bonds. The van der Waals surface area contributed by atoms with E-state index in [1.54, 1.807) is 0 Å². The number of aryl methyl sites for hydroxylation is 1. The van der Waals surface area contributed by atoms with E-state index in [9.17, 15) is 0 Å². The fourth-order valence-electron chi connectivity index (χ4n) is 2.09. The number of nitrogens with one attached hydrogen (secondary N) is 1. The largest absolute Gasteiger partial charge is 0.310 e. The minimum atomic E-state index is 0.527. The Morgan fingerprint density at radius 1 is 1.64 bits per heavy atom. The van der Waals surface area contributed by atoms with Crippen LogP contribution < -0.4 is 5.32 Å². The Morgan fingerprint density at radius 3 is 3.14 bits per heavy atom. The summed E-state index contributed by atoms with van der Waals surface area (Å²) in [5, 5.41) is 7.86. The average molecular weight is 193 g/mol. The first-order valence-corrected chi connectivity index (χ1v) is 5.55. The van der Waals surface area contributed by atoms with Crippen LogP contribution in [-0.4, -0.2) is 16.3 Å². The number of rotatable bonds is 2. The van der Waals surface area contributed by atoms with E-state index in [-0.39, 0.29) is 0 Å². The van der Waals surface area contributed by atoms with E-state index in [2.05, 4.69) is 30.5 Å². The normalized spacial score (nSPS) is 27.9. The van der Waals surface area contributed by atoms with Gasteiger partial charge in [-0.3, -0.25) is 4.68 Å². The molecule has 1 aliphatic heterocycles. The zero-order valence-electron chi connectivity index (χ0n) is 9.03. The molecule has 3 nitrogen and oxygen atoms in total. The van der Waals surface area contributed by atoms with Gasteiger partial charge >= 0.3 is 0 Å². The number of hydrogen-bond acceptors (Lipinski definition) is 2. The highest BCUT2D eigenvalue weighted by Crippen LogP contribution is 2.26. The number of nitrogens with zero attached hydrogens (tertiary/aromatic N) is 2. The molecule has 14 heavy (non-hydrogen) atoms. The highest BCUT2D eigenvalue weighted by atomic mass is 15.3. The van der Waals surface area contributed by atoms with Crippen molar-refractivity contribution < 1.29 is 0 Å². The van der Waals surface area contributed by atoms with Gasteiger partial charge in [0.05, 0.1) is 6.20 Å². The van der Waals surface area contributed by atoms with Crippen molar-refractivity contribution in [2.45, 2.75) is 39.3 Å². The second kappa shape index (κ2) is 4.13. The molecule has 1 aliphatic rings. The van der Waals surface area contributed by atoms with Crippen molar-refractivity contribution in [1.82, 2.24) is 15.1 Å². The molecule has 1 fully saturated rings. The molecular weight excluding hydrogens is 174 g/mol. The highest BCUT2D eigenvalue weighted by molar-refractivity contribution is 5.11. The summed E-state index contributed by atoms with van der Waals surface area (Å²) >= 11 is 0. The molecule has 78 valence electrons. The molecule has 0 aliphatic carbocycles. The van der Waals surface area contributed by atoms with Crippen molar-refractivity contribution >= 4 is 0 Å². The van der Waals surface area contributed by atoms with Gasteiger partial charge in [-0.15, -0.1) is 0 Å². The predicted octanol–water partition coefficient (Wildman–Crippen LogP) is 1.96. The summed E-state index contributed by atoms with van der Waals surface area (Å²) in [4.78, 5) is 0. The molecule has 3 heteroatoms. The van der Waals surface area contributed by atoms with Crippen LogP contribution in [-0.2, 0) is 6.54 Å². The van der Waals surface area contributed by atoms with Crippen LogP contribution in [0.1, 0.15) is 38.3 Å². The van der Waals surface area contributed by atoms with E-state index < -0.39 is 0 Å². The van der Waals surface area contributed by atoms with Gasteiger partial charge in [-0.05, 0) is 32.2 Å². The van der Waals surface area contributed by atoms with Crippen molar-refractivity contribution in [3.8, 4) is 0 Å². The van der Waals surface area contributed by atoms with E-state index in [4.69, 9.17) is 0 Å². The molecule has 0 spiro atoms. The zero-order valence-corrected chi connectivity index (χ0v) is 9.03. The first kappa shape index (κ1) is 9.71. The van der Waals surface area contributed by atoms with Crippen LogP contribution in [0.3, 0.4) is 0 Å². The lowest BCUT2D eigenvalue weighted by molar-refractivity contribution is 0.325. The molecule has 1 saturated heterocycles. The van der Waals surface area contributed by atoms with Gasteiger partial charge in [0.15, 0.2) is 0 Å². The van der Waals surface area contributed by atoms with E-state index >= 15 is 0 Å². The molecule has 2 heterocycles. The molecule has 0 aromatic carbocycles. The molecule has 1 N–H and O–H groups in total. The molecule has 2 unspecified atom stereocenters.